The fourth-order valence-corrected chi connectivity index (χ4v) is 13.2. The molecule has 1 aliphatic carbocycles. The molecule has 14 heteroatoms. The lowest BCUT2D eigenvalue weighted by atomic mass is 9.47. The summed E-state index contributed by atoms with van der Waals surface area (Å²) >= 11 is 0. The van der Waals surface area contributed by atoms with E-state index in [0.29, 0.717) is 61.7 Å². The Labute approximate surface area is 342 Å². The van der Waals surface area contributed by atoms with Gasteiger partial charge < -0.3 is 33.9 Å². The summed E-state index contributed by atoms with van der Waals surface area (Å²) in [5.74, 6) is -5.92. The van der Waals surface area contributed by atoms with Crippen LogP contribution >= 0.6 is 0 Å². The van der Waals surface area contributed by atoms with Crippen molar-refractivity contribution < 1.29 is 47.2 Å². The molecule has 2 bridgehead atoms. The van der Waals surface area contributed by atoms with E-state index in [-0.39, 0.29) is 31.3 Å². The van der Waals surface area contributed by atoms with Crippen LogP contribution in [0.5, 0.6) is 5.75 Å². The third-order valence-electron chi connectivity index (χ3n) is 15.3. The average Bonchev–Trinajstić information content (AvgIpc) is 3.86. The number of H-pyrrole nitrogens is 1. The smallest absolute Gasteiger partial charge is 0.344 e. The van der Waals surface area contributed by atoms with Gasteiger partial charge in [0.15, 0.2) is 6.10 Å². The number of anilines is 1. The maximum atomic E-state index is 15.3. The van der Waals surface area contributed by atoms with Gasteiger partial charge in [0.05, 0.1) is 27.4 Å². The Hall–Kier alpha value is -4.53. The topological polar surface area (TPSA) is 134 Å². The first-order chi connectivity index (χ1) is 28.1. The maximum absolute atomic E-state index is 15.3. The molecule has 10 atom stereocenters. The number of aromatic amines is 1. The number of carbonyl (C=O) groups excluding carboxylic acids is 3. The van der Waals surface area contributed by atoms with Gasteiger partial charge in [-0.15, -0.1) is 0 Å². The Bertz CT molecular complexity index is 2270. The first-order valence-corrected chi connectivity index (χ1v) is 20.7. The zero-order valence-corrected chi connectivity index (χ0v) is 34.8. The molecule has 5 aliphatic heterocycles. The van der Waals surface area contributed by atoms with Crippen LogP contribution < -0.4 is 9.64 Å². The van der Waals surface area contributed by atoms with Crippen molar-refractivity contribution in [3.63, 3.8) is 0 Å². The number of esters is 3. The number of nitrogens with zero attached hydrogens (tertiary/aromatic N) is 3. The summed E-state index contributed by atoms with van der Waals surface area (Å²) in [4.78, 5) is 52.5. The van der Waals surface area contributed by atoms with Crippen molar-refractivity contribution in [1.29, 1.82) is 0 Å². The zero-order valence-electron chi connectivity index (χ0n) is 34.8. The summed E-state index contributed by atoms with van der Waals surface area (Å²) < 4.78 is 54.3. The number of benzene rings is 2. The van der Waals surface area contributed by atoms with E-state index in [4.69, 9.17) is 18.9 Å². The van der Waals surface area contributed by atoms with E-state index in [1.807, 2.05) is 67.4 Å². The number of hydrogen-bond donors (Lipinski definition) is 2. The molecule has 6 heterocycles. The van der Waals surface area contributed by atoms with Crippen LogP contribution in [-0.2, 0) is 46.0 Å². The summed E-state index contributed by atoms with van der Waals surface area (Å²) in [6.45, 7) is 6.55. The van der Waals surface area contributed by atoms with Crippen molar-refractivity contribution in [2.45, 2.75) is 93.5 Å². The molecule has 3 fully saturated rings. The summed E-state index contributed by atoms with van der Waals surface area (Å²) in [6, 6.07) is 10.3. The van der Waals surface area contributed by atoms with Crippen LogP contribution in [0.3, 0.4) is 0 Å². The van der Waals surface area contributed by atoms with Crippen LogP contribution in [-0.4, -0.2) is 122 Å². The Balaban J connectivity index is 1.35. The molecule has 9 rings (SSSR count). The molecule has 59 heavy (non-hydrogen) atoms. The summed E-state index contributed by atoms with van der Waals surface area (Å²) in [7, 11) is 5.94. The lowest BCUT2D eigenvalue weighted by Crippen LogP contribution is -2.81. The fraction of sp³-hybridized carbons (Fsp3) is 0.578. The third kappa shape index (κ3) is 5.17. The Morgan fingerprint density at radius 2 is 1.78 bits per heavy atom. The van der Waals surface area contributed by atoms with Crippen LogP contribution in [0.25, 0.3) is 10.9 Å². The lowest BCUT2D eigenvalue weighted by Gasteiger charge is -2.63. The maximum Gasteiger partial charge on any atom is 0.344 e. The number of rotatable bonds is 7. The van der Waals surface area contributed by atoms with Gasteiger partial charge in [-0.3, -0.25) is 19.4 Å². The van der Waals surface area contributed by atoms with Crippen molar-refractivity contribution in [1.82, 2.24) is 14.8 Å². The highest BCUT2D eigenvalue weighted by Gasteiger charge is 2.80. The van der Waals surface area contributed by atoms with E-state index in [1.165, 1.54) is 28.3 Å². The highest BCUT2D eigenvalue weighted by atomic mass is 19.3. The van der Waals surface area contributed by atoms with Crippen molar-refractivity contribution in [3.8, 4) is 5.75 Å². The van der Waals surface area contributed by atoms with E-state index < -0.39 is 63.7 Å². The number of nitrogens with one attached hydrogen (secondary N) is 1. The summed E-state index contributed by atoms with van der Waals surface area (Å²) in [5.41, 5.74) is -1.64. The second-order valence-electron chi connectivity index (χ2n) is 18.0. The van der Waals surface area contributed by atoms with Crippen molar-refractivity contribution in [2.75, 3.05) is 59.5 Å². The molecular formula is C45H54F2N4O8. The number of alkyl halides is 2. The van der Waals surface area contributed by atoms with Gasteiger partial charge >= 0.3 is 17.9 Å². The number of likely N-dealkylation sites (N-methyl/N-ethyl adjacent to an activating group) is 1. The molecule has 0 radical (unpaired) electrons. The number of aliphatic hydroxyl groups is 1. The fourth-order valence-electron chi connectivity index (χ4n) is 13.2. The van der Waals surface area contributed by atoms with E-state index >= 15 is 13.6 Å². The van der Waals surface area contributed by atoms with Gasteiger partial charge in [0.2, 0.25) is 11.5 Å². The largest absolute Gasteiger partial charge is 0.496 e. The molecule has 1 aromatic heterocycles. The minimum atomic E-state index is -2.94. The molecule has 12 nitrogen and oxygen atoms in total. The average molecular weight is 817 g/mol. The number of hydrogen-bond acceptors (Lipinski definition) is 11. The first-order valence-electron chi connectivity index (χ1n) is 20.7. The zero-order chi connectivity index (χ0) is 42.0. The molecule has 6 aliphatic rings. The number of fused-ring (bicyclic) bond motifs is 6. The van der Waals surface area contributed by atoms with Gasteiger partial charge in [0.1, 0.15) is 11.2 Å². The Morgan fingerprint density at radius 1 is 1.03 bits per heavy atom. The third-order valence-corrected chi connectivity index (χ3v) is 15.3. The molecule has 2 saturated heterocycles. The number of para-hydroxylation sites is 1. The predicted molar refractivity (Wildman–Crippen MR) is 214 cm³/mol. The molecule has 0 amide bonds. The van der Waals surface area contributed by atoms with Crippen LogP contribution in [0.1, 0.15) is 68.8 Å². The van der Waals surface area contributed by atoms with Gasteiger partial charge in [-0.25, -0.2) is 13.6 Å². The van der Waals surface area contributed by atoms with E-state index in [1.54, 1.807) is 0 Å². The second-order valence-corrected chi connectivity index (χ2v) is 18.0. The van der Waals surface area contributed by atoms with E-state index in [9.17, 15) is 14.7 Å². The minimum Gasteiger partial charge on any atom is -0.496 e. The van der Waals surface area contributed by atoms with Crippen LogP contribution in [0.4, 0.5) is 14.5 Å². The quantitative estimate of drug-likeness (QED) is 0.188. The van der Waals surface area contributed by atoms with Gasteiger partial charge in [0.25, 0.3) is 0 Å². The molecular weight excluding hydrogens is 763 g/mol. The monoisotopic (exact) mass is 816 g/mol. The molecule has 2 aromatic carbocycles. The number of piperidine rings is 1. The molecule has 1 saturated carbocycles. The minimum absolute atomic E-state index is 0.155. The number of carbonyl (C=O) groups is 3. The van der Waals surface area contributed by atoms with Gasteiger partial charge in [0, 0.05) is 96.9 Å². The number of methoxy groups -OCH3 is 3. The standard InChI is InChI=1S/C45H54F2N4O8/c1-8-42-14-11-16-51-17-15-43(36(42)51)30-19-31(34(56-5)20-33(30)49(4)37(43)45(55,40(54)58-7)38(42)59-25(2)52)44(39(53)57-6)21-26-18-27(41(3,46)47)23-50(22-26)24-29-28-12-9-10-13-32(28)48-35(29)44/h9-14,19-20,26-27,36-38,48,55H,8,15-18,21-24H2,1-7H3/t26-,27-,36-,37?,38+,42?,43+,44-,45-/m0/s1. The van der Waals surface area contributed by atoms with Crippen LogP contribution in [0.2, 0.25) is 0 Å². The first kappa shape index (κ1) is 39.9. The van der Waals surface area contributed by atoms with E-state index in [2.05, 4.69) is 14.8 Å². The van der Waals surface area contributed by atoms with Gasteiger partial charge in [-0.05, 0) is 68.3 Å². The molecule has 3 aromatic rings. The van der Waals surface area contributed by atoms with E-state index in [0.717, 1.165) is 29.0 Å². The number of ether oxygens (including phenoxy) is 4. The van der Waals surface area contributed by atoms with Crippen LogP contribution in [0, 0.1) is 17.3 Å². The van der Waals surface area contributed by atoms with Crippen LogP contribution in [0.15, 0.2) is 48.6 Å². The highest BCUT2D eigenvalue weighted by Crippen LogP contribution is 2.68. The SMILES string of the molecule is CCC12C=CCN3CC[C@@]4(c5cc([C@@]6(C(=O)OC)C[C@@H]7C[C@H](C(C)(F)F)CN(Cc8c6[nH]c6ccccc86)C7)c(OC)cc5N(C)C4[C@@](O)(C(=O)OC)[C@@H]1OC(C)=O)[C@@H]32. The number of halogens is 2. The molecule has 3 unspecified atom stereocenters. The summed E-state index contributed by atoms with van der Waals surface area (Å²) in [6.07, 6.45) is 4.04. The van der Waals surface area contributed by atoms with Crippen molar-refractivity contribution in [3.05, 3.63) is 70.9 Å². The van der Waals surface area contributed by atoms with Crippen molar-refractivity contribution >= 4 is 34.5 Å². The molecule has 2 N–H and O–H groups in total. The normalized spacial score (nSPS) is 35.8. The van der Waals surface area contributed by atoms with Crippen molar-refractivity contribution in [2.24, 2.45) is 17.3 Å². The van der Waals surface area contributed by atoms with Gasteiger partial charge in [-0.1, -0.05) is 37.3 Å². The highest BCUT2D eigenvalue weighted by molar-refractivity contribution is 5.95. The summed E-state index contributed by atoms with van der Waals surface area (Å²) in [5, 5.41) is 14.2. The number of aromatic nitrogens is 1. The Morgan fingerprint density at radius 3 is 2.46 bits per heavy atom. The molecule has 316 valence electrons. The molecule has 1 spiro atoms. The second kappa shape index (κ2) is 13.5. The Kier molecular flexibility index (Phi) is 9.12. The van der Waals surface area contributed by atoms with Gasteiger partial charge in [-0.2, -0.15) is 0 Å². The predicted octanol–water partition coefficient (Wildman–Crippen LogP) is 5.08. The lowest BCUT2D eigenvalue weighted by molar-refractivity contribution is -0.228.